The van der Waals surface area contributed by atoms with E-state index in [1.54, 1.807) is 7.11 Å². The summed E-state index contributed by atoms with van der Waals surface area (Å²) in [6, 6.07) is 16.4. The Bertz CT molecular complexity index is 1280. The Morgan fingerprint density at radius 3 is 2.59 bits per heavy atom. The average Bonchev–Trinajstić information content (AvgIpc) is 3.64. The van der Waals surface area contributed by atoms with E-state index in [0.717, 1.165) is 11.4 Å². The Hall–Kier alpha value is -3.39. The summed E-state index contributed by atoms with van der Waals surface area (Å²) in [4.78, 5) is 19.5. The molecular formula is C29H35N5O2S. The molecule has 1 saturated heterocycles. The van der Waals surface area contributed by atoms with Crippen molar-refractivity contribution in [2.24, 2.45) is 5.41 Å². The molecule has 37 heavy (non-hydrogen) atoms. The number of amides is 1. The lowest BCUT2D eigenvalue weighted by molar-refractivity contribution is -0.123. The summed E-state index contributed by atoms with van der Waals surface area (Å²) in [5.41, 5.74) is 3.16. The Kier molecular flexibility index (Phi) is 6.94. The molecule has 2 N–H and O–H groups in total. The molecule has 0 spiro atoms. The van der Waals surface area contributed by atoms with Crippen molar-refractivity contribution in [1.82, 2.24) is 14.9 Å². The van der Waals surface area contributed by atoms with Gasteiger partial charge in [0.1, 0.15) is 11.8 Å². The van der Waals surface area contributed by atoms with E-state index < -0.39 is 5.41 Å². The van der Waals surface area contributed by atoms with Crippen LogP contribution in [-0.4, -0.2) is 27.7 Å². The summed E-state index contributed by atoms with van der Waals surface area (Å²) in [5, 5.41) is 7.19. The Balaban J connectivity index is 1.57. The number of hydrogen-bond acceptors (Lipinski definition) is 4. The summed E-state index contributed by atoms with van der Waals surface area (Å²) < 4.78 is 8.15. The fraction of sp³-hybridized carbons (Fsp3) is 0.414. The van der Waals surface area contributed by atoms with Crippen LogP contribution in [0.25, 0.3) is 0 Å². The maximum absolute atomic E-state index is 12.6. The highest BCUT2D eigenvalue weighted by atomic mass is 32.1. The van der Waals surface area contributed by atoms with E-state index in [4.69, 9.17) is 17.0 Å². The van der Waals surface area contributed by atoms with Crippen LogP contribution in [0.15, 0.2) is 60.9 Å². The number of thiocarbonyl (C=S) groups is 1. The maximum atomic E-state index is 12.6. The Labute approximate surface area is 224 Å². The molecule has 1 aliphatic carbocycles. The third kappa shape index (κ3) is 4.94. The van der Waals surface area contributed by atoms with E-state index in [1.807, 2.05) is 63.4 Å². The quantitative estimate of drug-likeness (QED) is 0.381. The Morgan fingerprint density at radius 2 is 1.92 bits per heavy atom. The van der Waals surface area contributed by atoms with Crippen molar-refractivity contribution in [2.45, 2.75) is 64.6 Å². The SMILES string of the molecule is COc1cc(N2C(=S)NC(c3ccccn3)C2c2cccn2C2CCCC2)ccc1NC(=O)C(C)(C)C. The number of nitrogens with zero attached hydrogens (tertiary/aromatic N) is 3. The molecule has 1 aliphatic heterocycles. The number of benzene rings is 1. The van der Waals surface area contributed by atoms with Crippen molar-refractivity contribution in [3.63, 3.8) is 0 Å². The zero-order chi connectivity index (χ0) is 26.2. The van der Waals surface area contributed by atoms with Gasteiger partial charge in [-0.3, -0.25) is 9.78 Å². The van der Waals surface area contributed by atoms with Gasteiger partial charge in [0.05, 0.1) is 24.5 Å². The predicted octanol–water partition coefficient (Wildman–Crippen LogP) is 6.17. The van der Waals surface area contributed by atoms with Crippen LogP contribution in [-0.2, 0) is 4.79 Å². The van der Waals surface area contributed by atoms with E-state index in [2.05, 4.69) is 43.4 Å². The minimum atomic E-state index is -0.517. The van der Waals surface area contributed by atoms with E-state index in [9.17, 15) is 4.79 Å². The van der Waals surface area contributed by atoms with Crippen molar-refractivity contribution in [3.8, 4) is 5.75 Å². The predicted molar refractivity (Wildman–Crippen MR) is 151 cm³/mol. The molecule has 2 aliphatic rings. The number of ether oxygens (including phenoxy) is 1. The highest BCUT2D eigenvalue weighted by molar-refractivity contribution is 7.80. The number of aromatic nitrogens is 2. The molecule has 0 radical (unpaired) electrons. The normalized spacial score (nSPS) is 20.2. The van der Waals surface area contributed by atoms with Crippen molar-refractivity contribution < 1.29 is 9.53 Å². The van der Waals surface area contributed by atoms with Gasteiger partial charge in [-0.05, 0) is 61.5 Å². The van der Waals surface area contributed by atoms with Crippen molar-refractivity contribution in [1.29, 1.82) is 0 Å². The van der Waals surface area contributed by atoms with E-state index in [-0.39, 0.29) is 18.0 Å². The minimum Gasteiger partial charge on any atom is -0.494 e. The van der Waals surface area contributed by atoms with Gasteiger partial charge in [0.25, 0.3) is 0 Å². The van der Waals surface area contributed by atoms with Gasteiger partial charge in [0.15, 0.2) is 5.11 Å². The third-order valence-corrected chi connectivity index (χ3v) is 7.64. The average molecular weight is 518 g/mol. The summed E-state index contributed by atoms with van der Waals surface area (Å²) in [5.74, 6) is 0.517. The molecule has 7 nitrogen and oxygen atoms in total. The molecule has 1 aromatic carbocycles. The summed E-state index contributed by atoms with van der Waals surface area (Å²) >= 11 is 5.93. The molecule has 194 valence electrons. The van der Waals surface area contributed by atoms with Gasteiger partial charge < -0.3 is 24.8 Å². The van der Waals surface area contributed by atoms with Crippen LogP contribution in [0, 0.1) is 5.41 Å². The Morgan fingerprint density at radius 1 is 1.14 bits per heavy atom. The van der Waals surface area contributed by atoms with Crippen LogP contribution in [0.3, 0.4) is 0 Å². The standard InChI is InChI=1S/C29H35N5O2S/c1-29(2,3)27(35)31-21-15-14-20(18-24(21)36-4)34-26(23-13-9-17-33(23)19-10-5-6-11-19)25(32-28(34)37)22-12-7-8-16-30-22/h7-9,12-19,25-26H,5-6,10-11H2,1-4H3,(H,31,35)(H,32,37). The second-order valence-electron chi connectivity index (χ2n) is 10.9. The van der Waals surface area contributed by atoms with Crippen molar-refractivity contribution >= 4 is 34.6 Å². The molecule has 0 bridgehead atoms. The van der Waals surface area contributed by atoms with Crippen LogP contribution >= 0.6 is 12.2 Å². The van der Waals surface area contributed by atoms with Gasteiger partial charge in [-0.15, -0.1) is 0 Å². The fourth-order valence-corrected chi connectivity index (χ4v) is 5.69. The first-order chi connectivity index (χ1) is 17.8. The van der Waals surface area contributed by atoms with Gasteiger partial charge in [-0.25, -0.2) is 0 Å². The maximum Gasteiger partial charge on any atom is 0.229 e. The number of methoxy groups -OCH3 is 1. The van der Waals surface area contributed by atoms with E-state index in [1.165, 1.54) is 31.4 Å². The van der Waals surface area contributed by atoms with Gasteiger partial charge in [0, 0.05) is 41.3 Å². The van der Waals surface area contributed by atoms with E-state index >= 15 is 0 Å². The highest BCUT2D eigenvalue weighted by Crippen LogP contribution is 2.45. The monoisotopic (exact) mass is 517 g/mol. The fourth-order valence-electron chi connectivity index (χ4n) is 5.35. The lowest BCUT2D eigenvalue weighted by Gasteiger charge is -2.31. The number of carbonyl (C=O) groups is 1. The zero-order valence-corrected chi connectivity index (χ0v) is 22.7. The van der Waals surface area contributed by atoms with Crippen LogP contribution in [0.4, 0.5) is 11.4 Å². The zero-order valence-electron chi connectivity index (χ0n) is 21.9. The molecule has 5 rings (SSSR count). The molecule has 2 aromatic heterocycles. The minimum absolute atomic E-state index is 0.0700. The first-order valence-electron chi connectivity index (χ1n) is 12.9. The molecule has 3 aromatic rings. The molecule has 2 atom stereocenters. The number of hydrogen-bond donors (Lipinski definition) is 2. The van der Waals surface area contributed by atoms with Crippen LogP contribution in [0.2, 0.25) is 0 Å². The highest BCUT2D eigenvalue weighted by Gasteiger charge is 2.43. The largest absolute Gasteiger partial charge is 0.494 e. The van der Waals surface area contributed by atoms with Crippen LogP contribution in [0.5, 0.6) is 5.75 Å². The summed E-state index contributed by atoms with van der Waals surface area (Å²) in [6.07, 6.45) is 8.93. The topological polar surface area (TPSA) is 71.4 Å². The lowest BCUT2D eigenvalue weighted by atomic mass is 9.95. The van der Waals surface area contributed by atoms with Crippen LogP contribution < -0.4 is 20.3 Å². The lowest BCUT2D eigenvalue weighted by Crippen LogP contribution is -2.31. The molecule has 8 heteroatoms. The second kappa shape index (κ2) is 10.2. The van der Waals surface area contributed by atoms with Gasteiger partial charge in [0.2, 0.25) is 5.91 Å². The number of nitrogens with one attached hydrogen (secondary N) is 2. The first-order valence-corrected chi connectivity index (χ1v) is 13.4. The molecular weight excluding hydrogens is 482 g/mol. The number of rotatable bonds is 6. The second-order valence-corrected chi connectivity index (χ2v) is 11.3. The molecule has 1 amide bonds. The smallest absolute Gasteiger partial charge is 0.229 e. The number of anilines is 2. The van der Waals surface area contributed by atoms with Crippen LogP contribution in [0.1, 0.15) is 76.0 Å². The molecule has 3 heterocycles. The number of carbonyl (C=O) groups excluding carboxylic acids is 1. The van der Waals surface area contributed by atoms with Gasteiger partial charge in [-0.2, -0.15) is 0 Å². The van der Waals surface area contributed by atoms with Gasteiger partial charge in [-0.1, -0.05) is 39.7 Å². The molecule has 1 saturated carbocycles. The van der Waals surface area contributed by atoms with Crippen molar-refractivity contribution in [2.75, 3.05) is 17.3 Å². The number of pyridine rings is 1. The third-order valence-electron chi connectivity index (χ3n) is 7.32. The first kappa shape index (κ1) is 25.3. The van der Waals surface area contributed by atoms with E-state index in [0.29, 0.717) is 22.6 Å². The molecule has 2 fully saturated rings. The molecule has 2 unspecified atom stereocenters. The van der Waals surface area contributed by atoms with Crippen molar-refractivity contribution in [3.05, 3.63) is 72.3 Å². The summed E-state index contributed by atoms with van der Waals surface area (Å²) in [7, 11) is 1.62. The van der Waals surface area contributed by atoms with Gasteiger partial charge >= 0.3 is 0 Å². The summed E-state index contributed by atoms with van der Waals surface area (Å²) in [6.45, 7) is 5.66.